The van der Waals surface area contributed by atoms with Gasteiger partial charge in [0, 0.05) is 4.88 Å². The third-order valence-electron chi connectivity index (χ3n) is 5.59. The van der Waals surface area contributed by atoms with Crippen LogP contribution in [0.3, 0.4) is 0 Å². The summed E-state index contributed by atoms with van der Waals surface area (Å²) in [6.07, 6.45) is 0. The van der Waals surface area contributed by atoms with E-state index in [-0.39, 0.29) is 17.9 Å². The van der Waals surface area contributed by atoms with Crippen molar-refractivity contribution in [2.24, 2.45) is 5.73 Å². The zero-order valence-electron chi connectivity index (χ0n) is 17.6. The van der Waals surface area contributed by atoms with Crippen LogP contribution in [-0.2, 0) is 10.2 Å². The van der Waals surface area contributed by atoms with Crippen LogP contribution < -0.4 is 16.4 Å². The molecule has 1 aromatic heterocycles. The number of anilines is 1. The van der Waals surface area contributed by atoms with Gasteiger partial charge in [0.2, 0.25) is 0 Å². The lowest BCUT2D eigenvalue weighted by atomic mass is 9.76. The molecule has 6 heteroatoms. The fraction of sp³-hybridized carbons (Fsp3) is 0.250. The van der Waals surface area contributed by atoms with Gasteiger partial charge < -0.3 is 16.4 Å². The Morgan fingerprint density at radius 2 is 1.53 bits per heavy atom. The number of thiophene rings is 1. The van der Waals surface area contributed by atoms with E-state index in [1.54, 1.807) is 0 Å². The van der Waals surface area contributed by atoms with Crippen LogP contribution in [0, 0.1) is 13.8 Å². The predicted molar refractivity (Wildman–Crippen MR) is 122 cm³/mol. The maximum absolute atomic E-state index is 12.6. The zero-order valence-corrected chi connectivity index (χ0v) is 18.4. The van der Waals surface area contributed by atoms with Gasteiger partial charge in [-0.3, -0.25) is 9.59 Å². The van der Waals surface area contributed by atoms with E-state index in [2.05, 4.69) is 36.5 Å². The molecule has 3 aromatic rings. The minimum absolute atomic E-state index is 0.151. The van der Waals surface area contributed by atoms with Crippen molar-refractivity contribution in [1.82, 2.24) is 0 Å². The number of quaternary nitrogens is 1. The maximum atomic E-state index is 12.6. The Bertz CT molecular complexity index is 990. The lowest BCUT2D eigenvalue weighted by Gasteiger charge is -2.29. The van der Waals surface area contributed by atoms with Gasteiger partial charge in [0.25, 0.3) is 11.8 Å². The number of rotatable bonds is 8. The van der Waals surface area contributed by atoms with Crippen molar-refractivity contribution in [2.75, 3.05) is 18.4 Å². The smallest absolute Gasteiger partial charge is 0.280 e. The summed E-state index contributed by atoms with van der Waals surface area (Å²) in [5.41, 5.74) is 8.90. The van der Waals surface area contributed by atoms with Gasteiger partial charge in [0.1, 0.15) is 5.00 Å². The second-order valence-corrected chi connectivity index (χ2v) is 8.89. The van der Waals surface area contributed by atoms with Crippen molar-refractivity contribution < 1.29 is 14.9 Å². The van der Waals surface area contributed by atoms with Crippen LogP contribution in [0.1, 0.15) is 38.8 Å². The Morgan fingerprint density at radius 3 is 2.03 bits per heavy atom. The van der Waals surface area contributed by atoms with Gasteiger partial charge >= 0.3 is 0 Å². The second-order valence-electron chi connectivity index (χ2n) is 7.66. The number of aryl methyl sites for hydroxylation is 1. The summed E-state index contributed by atoms with van der Waals surface area (Å²) in [6, 6.07) is 20.7. The van der Waals surface area contributed by atoms with Gasteiger partial charge in [-0.1, -0.05) is 60.7 Å². The van der Waals surface area contributed by atoms with Gasteiger partial charge in [-0.2, -0.15) is 0 Å². The van der Waals surface area contributed by atoms with E-state index in [4.69, 9.17) is 5.73 Å². The summed E-state index contributed by atoms with van der Waals surface area (Å²) in [5.74, 6) is -0.668. The van der Waals surface area contributed by atoms with E-state index in [1.807, 2.05) is 55.6 Å². The first kappa shape index (κ1) is 21.7. The van der Waals surface area contributed by atoms with Gasteiger partial charge in [-0.05, 0) is 37.5 Å². The highest BCUT2D eigenvalue weighted by molar-refractivity contribution is 7.16. The molecular formula is C24H28N3O2S+. The van der Waals surface area contributed by atoms with Crippen LogP contribution in [0.15, 0.2) is 60.7 Å². The molecule has 30 heavy (non-hydrogen) atoms. The lowest BCUT2D eigenvalue weighted by Crippen LogP contribution is -2.89. The Balaban J connectivity index is 1.71. The number of carbonyl (C=O) groups is 2. The number of nitrogens with one attached hydrogen (secondary N) is 1. The standard InChI is InChI=1S/C24H27N3O2S/c1-16-17(2)30-23(21(16)22(25)29)27-20(28)14-26-15-24(3,18-10-6-4-7-11-18)19-12-8-5-9-13-19/h4-13,26H,14-15H2,1-3H3,(H2,25,29)(H,27,28)/p+1. The number of benzene rings is 2. The number of nitrogens with two attached hydrogens (primary N) is 2. The molecule has 0 aliphatic carbocycles. The van der Waals surface area contributed by atoms with Crippen molar-refractivity contribution in [3.8, 4) is 0 Å². The first-order valence-electron chi connectivity index (χ1n) is 9.95. The average Bonchev–Trinajstić information content (AvgIpc) is 3.02. The summed E-state index contributed by atoms with van der Waals surface area (Å²) >= 11 is 1.38. The molecule has 0 spiro atoms. The summed E-state index contributed by atoms with van der Waals surface area (Å²) in [5, 5.41) is 5.41. The molecule has 0 saturated carbocycles. The van der Waals surface area contributed by atoms with Crippen molar-refractivity contribution in [3.05, 3.63) is 87.8 Å². The molecule has 5 N–H and O–H groups in total. The van der Waals surface area contributed by atoms with Crippen LogP contribution in [-0.4, -0.2) is 24.9 Å². The summed E-state index contributed by atoms with van der Waals surface area (Å²) in [4.78, 5) is 25.3. The highest BCUT2D eigenvalue weighted by Crippen LogP contribution is 2.32. The molecule has 0 bridgehead atoms. The fourth-order valence-electron chi connectivity index (χ4n) is 3.70. The molecule has 0 unspecified atom stereocenters. The number of primary amides is 1. The van der Waals surface area contributed by atoms with E-state index < -0.39 is 5.91 Å². The molecule has 0 aliphatic rings. The highest BCUT2D eigenvalue weighted by Gasteiger charge is 2.31. The monoisotopic (exact) mass is 422 g/mol. The SMILES string of the molecule is Cc1sc(NC(=O)C[NH2+]CC(C)(c2ccccc2)c2ccccc2)c(C(N)=O)c1C. The summed E-state index contributed by atoms with van der Waals surface area (Å²) < 4.78 is 0. The minimum Gasteiger partial charge on any atom is -0.365 e. The van der Waals surface area contributed by atoms with E-state index in [0.29, 0.717) is 17.1 Å². The van der Waals surface area contributed by atoms with E-state index in [9.17, 15) is 9.59 Å². The zero-order chi connectivity index (χ0) is 21.7. The molecule has 156 valence electrons. The van der Waals surface area contributed by atoms with Crippen molar-refractivity contribution in [1.29, 1.82) is 0 Å². The van der Waals surface area contributed by atoms with Crippen molar-refractivity contribution in [2.45, 2.75) is 26.2 Å². The van der Waals surface area contributed by atoms with Crippen LogP contribution in [0.5, 0.6) is 0 Å². The van der Waals surface area contributed by atoms with Gasteiger partial charge in [-0.25, -0.2) is 0 Å². The maximum Gasteiger partial charge on any atom is 0.280 e. The third kappa shape index (κ3) is 4.61. The lowest BCUT2D eigenvalue weighted by molar-refractivity contribution is -0.649. The Labute approximate surface area is 181 Å². The van der Waals surface area contributed by atoms with Gasteiger partial charge in [0.15, 0.2) is 6.54 Å². The molecule has 3 rings (SSSR count). The van der Waals surface area contributed by atoms with Crippen LogP contribution >= 0.6 is 11.3 Å². The number of carbonyl (C=O) groups excluding carboxylic acids is 2. The molecule has 0 radical (unpaired) electrons. The van der Waals surface area contributed by atoms with E-state index >= 15 is 0 Å². The minimum atomic E-state index is -0.517. The third-order valence-corrected chi connectivity index (χ3v) is 6.71. The normalized spacial score (nSPS) is 11.3. The first-order valence-corrected chi connectivity index (χ1v) is 10.8. The largest absolute Gasteiger partial charge is 0.365 e. The molecule has 1 heterocycles. The molecule has 0 atom stereocenters. The second kappa shape index (κ2) is 9.24. The van der Waals surface area contributed by atoms with Gasteiger partial charge in [0.05, 0.1) is 17.5 Å². The van der Waals surface area contributed by atoms with Crippen LogP contribution in [0.2, 0.25) is 0 Å². The van der Waals surface area contributed by atoms with Crippen LogP contribution in [0.25, 0.3) is 0 Å². The van der Waals surface area contributed by atoms with E-state index in [0.717, 1.165) is 10.4 Å². The molecule has 2 aromatic carbocycles. The fourth-order valence-corrected chi connectivity index (χ4v) is 4.78. The molecule has 0 fully saturated rings. The topological polar surface area (TPSA) is 88.8 Å². The molecule has 0 aliphatic heterocycles. The Morgan fingerprint density at radius 1 is 1.00 bits per heavy atom. The highest BCUT2D eigenvalue weighted by atomic mass is 32.1. The van der Waals surface area contributed by atoms with Crippen LogP contribution in [0.4, 0.5) is 5.00 Å². The summed E-state index contributed by atoms with van der Waals surface area (Å²) in [7, 11) is 0. The number of hydrogen-bond donors (Lipinski definition) is 3. The first-order chi connectivity index (χ1) is 14.3. The van der Waals surface area contributed by atoms with Crippen molar-refractivity contribution >= 4 is 28.2 Å². The summed E-state index contributed by atoms with van der Waals surface area (Å²) in [6.45, 7) is 6.92. The average molecular weight is 423 g/mol. The number of hydrogen-bond acceptors (Lipinski definition) is 3. The van der Waals surface area contributed by atoms with Gasteiger partial charge in [-0.15, -0.1) is 11.3 Å². The quantitative estimate of drug-likeness (QED) is 0.521. The molecule has 2 amide bonds. The Kier molecular flexibility index (Phi) is 6.70. The molecule has 5 nitrogen and oxygen atoms in total. The number of amides is 2. The Hall–Kier alpha value is -2.96. The van der Waals surface area contributed by atoms with Crippen molar-refractivity contribution in [3.63, 3.8) is 0 Å². The van der Waals surface area contributed by atoms with E-state index in [1.165, 1.54) is 22.5 Å². The molecular weight excluding hydrogens is 394 g/mol. The predicted octanol–water partition coefficient (Wildman–Crippen LogP) is 2.97. The molecule has 0 saturated heterocycles.